The summed E-state index contributed by atoms with van der Waals surface area (Å²) in [6.07, 6.45) is 4.29. The summed E-state index contributed by atoms with van der Waals surface area (Å²) < 4.78 is 0. The minimum absolute atomic E-state index is 0.293. The van der Waals surface area contributed by atoms with E-state index in [2.05, 4.69) is 16.9 Å². The fourth-order valence-electron chi connectivity index (χ4n) is 2.07. The number of nitrogens with one attached hydrogen (secondary N) is 1. The number of H-pyrrole nitrogens is 1. The molecule has 2 heterocycles. The summed E-state index contributed by atoms with van der Waals surface area (Å²) in [4.78, 5) is 30.8. The van der Waals surface area contributed by atoms with Crippen molar-refractivity contribution in [3.8, 4) is 0 Å². The number of aromatic amines is 1. The van der Waals surface area contributed by atoms with Gasteiger partial charge in [-0.3, -0.25) is 4.79 Å². The number of unbranched alkanes of at least 4 members (excludes halogenated alkanes) is 2. The SMILES string of the molecule is CCCCCc1sc2nc(C(=O)O)[nH]c(=O)c2c1C. The standard InChI is InChI=1S/C13H16N2O3S/c1-3-4-5-6-8-7(2)9-11(16)14-10(13(17)18)15-12(9)19-8/h3-6H2,1-2H3,(H,17,18)(H,14,15,16). The molecule has 0 bridgehead atoms. The van der Waals surface area contributed by atoms with Crippen LogP contribution in [0.5, 0.6) is 0 Å². The summed E-state index contributed by atoms with van der Waals surface area (Å²) in [5.41, 5.74) is 0.569. The second-order valence-electron chi connectivity index (χ2n) is 4.51. The largest absolute Gasteiger partial charge is 0.475 e. The van der Waals surface area contributed by atoms with Gasteiger partial charge in [0, 0.05) is 4.88 Å². The second-order valence-corrected chi connectivity index (χ2v) is 5.59. The minimum atomic E-state index is -1.21. The molecular formula is C13H16N2O3S. The third-order valence-corrected chi connectivity index (χ3v) is 4.35. The number of hydrogen-bond donors (Lipinski definition) is 2. The number of hydrogen-bond acceptors (Lipinski definition) is 4. The van der Waals surface area contributed by atoms with Crippen molar-refractivity contribution >= 4 is 27.5 Å². The number of carboxylic acids is 1. The molecule has 0 aliphatic heterocycles. The molecule has 2 N–H and O–H groups in total. The lowest BCUT2D eigenvalue weighted by atomic mass is 10.1. The van der Waals surface area contributed by atoms with Crippen LogP contribution in [-0.2, 0) is 6.42 Å². The molecule has 0 saturated heterocycles. The first-order valence-electron chi connectivity index (χ1n) is 6.30. The van der Waals surface area contributed by atoms with Crippen molar-refractivity contribution in [3.63, 3.8) is 0 Å². The van der Waals surface area contributed by atoms with Crippen LogP contribution in [0.3, 0.4) is 0 Å². The van der Waals surface area contributed by atoms with Crippen LogP contribution in [0.15, 0.2) is 4.79 Å². The van der Waals surface area contributed by atoms with Gasteiger partial charge in [-0.15, -0.1) is 11.3 Å². The maximum atomic E-state index is 11.9. The molecular weight excluding hydrogens is 264 g/mol. The maximum Gasteiger partial charge on any atom is 0.372 e. The van der Waals surface area contributed by atoms with Crippen molar-refractivity contribution in [2.24, 2.45) is 0 Å². The number of thiophene rings is 1. The Kier molecular flexibility index (Phi) is 3.99. The lowest BCUT2D eigenvalue weighted by molar-refractivity contribution is 0.0683. The summed E-state index contributed by atoms with van der Waals surface area (Å²) in [6.45, 7) is 4.04. The van der Waals surface area contributed by atoms with Crippen molar-refractivity contribution in [1.82, 2.24) is 9.97 Å². The Morgan fingerprint density at radius 2 is 2.16 bits per heavy atom. The first kappa shape index (κ1) is 13.7. The molecule has 6 heteroatoms. The number of aromatic carboxylic acids is 1. The van der Waals surface area contributed by atoms with Crippen molar-refractivity contribution in [2.45, 2.75) is 39.5 Å². The molecule has 19 heavy (non-hydrogen) atoms. The molecule has 2 rings (SSSR count). The van der Waals surface area contributed by atoms with E-state index >= 15 is 0 Å². The van der Waals surface area contributed by atoms with Gasteiger partial charge in [0.15, 0.2) is 0 Å². The summed E-state index contributed by atoms with van der Waals surface area (Å²) in [7, 11) is 0. The average molecular weight is 280 g/mol. The molecule has 0 saturated carbocycles. The number of aromatic nitrogens is 2. The monoisotopic (exact) mass is 280 g/mol. The van der Waals surface area contributed by atoms with Gasteiger partial charge in [0.05, 0.1) is 5.39 Å². The predicted molar refractivity (Wildman–Crippen MR) is 75.2 cm³/mol. The normalized spacial score (nSPS) is 11.1. The fourth-order valence-corrected chi connectivity index (χ4v) is 3.28. The van der Waals surface area contributed by atoms with Crippen LogP contribution in [0, 0.1) is 6.92 Å². The van der Waals surface area contributed by atoms with E-state index in [-0.39, 0.29) is 11.4 Å². The number of nitrogens with zero attached hydrogens (tertiary/aromatic N) is 1. The van der Waals surface area contributed by atoms with Crippen molar-refractivity contribution in [3.05, 3.63) is 26.6 Å². The molecule has 0 atom stereocenters. The first-order valence-corrected chi connectivity index (χ1v) is 7.11. The fraction of sp³-hybridized carbons (Fsp3) is 0.462. The summed E-state index contributed by atoms with van der Waals surface area (Å²) >= 11 is 1.43. The molecule has 0 fully saturated rings. The number of aryl methyl sites for hydroxylation is 2. The van der Waals surface area contributed by atoms with E-state index < -0.39 is 5.97 Å². The molecule has 0 aliphatic carbocycles. The summed E-state index contributed by atoms with van der Waals surface area (Å²) in [5, 5.41) is 9.42. The Hall–Kier alpha value is -1.69. The molecule has 0 aromatic carbocycles. The van der Waals surface area contributed by atoms with Crippen LogP contribution >= 0.6 is 11.3 Å². The van der Waals surface area contributed by atoms with Gasteiger partial charge in [-0.25, -0.2) is 9.78 Å². The average Bonchev–Trinajstić information content (AvgIpc) is 2.67. The topological polar surface area (TPSA) is 83.0 Å². The number of carbonyl (C=O) groups is 1. The highest BCUT2D eigenvalue weighted by Crippen LogP contribution is 2.28. The van der Waals surface area contributed by atoms with E-state index in [0.29, 0.717) is 10.2 Å². The zero-order chi connectivity index (χ0) is 14.0. The highest BCUT2D eigenvalue weighted by molar-refractivity contribution is 7.18. The third kappa shape index (κ3) is 2.68. The highest BCUT2D eigenvalue weighted by atomic mass is 32.1. The molecule has 102 valence electrons. The lowest BCUT2D eigenvalue weighted by Crippen LogP contribution is -2.15. The van der Waals surface area contributed by atoms with Crippen LogP contribution in [0.4, 0.5) is 0 Å². The van der Waals surface area contributed by atoms with Gasteiger partial charge >= 0.3 is 5.97 Å². The van der Waals surface area contributed by atoms with E-state index in [0.717, 1.165) is 36.1 Å². The zero-order valence-electron chi connectivity index (χ0n) is 10.9. The predicted octanol–water partition coefficient (Wildman–Crippen LogP) is 2.72. The van der Waals surface area contributed by atoms with Gasteiger partial charge in [0.2, 0.25) is 5.82 Å². The molecule has 2 aromatic heterocycles. The van der Waals surface area contributed by atoms with Crippen LogP contribution < -0.4 is 5.56 Å². The summed E-state index contributed by atoms with van der Waals surface area (Å²) in [5.74, 6) is -1.50. The van der Waals surface area contributed by atoms with Crippen molar-refractivity contribution in [2.75, 3.05) is 0 Å². The molecule has 0 radical (unpaired) electrons. The van der Waals surface area contributed by atoms with E-state index in [4.69, 9.17) is 5.11 Å². The van der Waals surface area contributed by atoms with Gasteiger partial charge in [-0.2, -0.15) is 0 Å². The number of carboxylic acid groups (broad SMARTS) is 1. The van der Waals surface area contributed by atoms with Gasteiger partial charge in [0.1, 0.15) is 4.83 Å². The lowest BCUT2D eigenvalue weighted by Gasteiger charge is -1.97. The smallest absolute Gasteiger partial charge is 0.372 e. The zero-order valence-corrected chi connectivity index (χ0v) is 11.8. The van der Waals surface area contributed by atoms with Gasteiger partial charge in [-0.05, 0) is 25.3 Å². The van der Waals surface area contributed by atoms with E-state index in [1.54, 1.807) is 0 Å². The molecule has 0 amide bonds. The van der Waals surface area contributed by atoms with E-state index in [9.17, 15) is 9.59 Å². The van der Waals surface area contributed by atoms with Crippen LogP contribution in [-0.4, -0.2) is 21.0 Å². The number of rotatable bonds is 5. The van der Waals surface area contributed by atoms with Crippen LogP contribution in [0.1, 0.15) is 47.2 Å². The number of fused-ring (bicyclic) bond motifs is 1. The van der Waals surface area contributed by atoms with Gasteiger partial charge in [0.25, 0.3) is 5.56 Å². The summed E-state index contributed by atoms with van der Waals surface area (Å²) in [6, 6.07) is 0. The maximum absolute atomic E-state index is 11.9. The van der Waals surface area contributed by atoms with Gasteiger partial charge in [-0.1, -0.05) is 19.8 Å². The Labute approximate surface area is 114 Å². The van der Waals surface area contributed by atoms with Crippen LogP contribution in [0.25, 0.3) is 10.2 Å². The highest BCUT2D eigenvalue weighted by Gasteiger charge is 2.16. The van der Waals surface area contributed by atoms with Gasteiger partial charge < -0.3 is 10.1 Å². The van der Waals surface area contributed by atoms with E-state index in [1.165, 1.54) is 11.3 Å². The quantitative estimate of drug-likeness (QED) is 0.825. The molecule has 0 aliphatic rings. The van der Waals surface area contributed by atoms with Crippen molar-refractivity contribution < 1.29 is 9.90 Å². The third-order valence-electron chi connectivity index (χ3n) is 3.11. The van der Waals surface area contributed by atoms with E-state index in [1.807, 2.05) is 6.92 Å². The Morgan fingerprint density at radius 1 is 1.42 bits per heavy atom. The Balaban J connectivity index is 2.47. The Morgan fingerprint density at radius 3 is 2.79 bits per heavy atom. The Bertz CT molecular complexity index is 672. The van der Waals surface area contributed by atoms with Crippen molar-refractivity contribution in [1.29, 1.82) is 0 Å². The molecule has 5 nitrogen and oxygen atoms in total. The first-order chi connectivity index (χ1) is 9.04. The molecule has 2 aromatic rings. The second kappa shape index (κ2) is 5.52. The molecule has 0 spiro atoms. The van der Waals surface area contributed by atoms with Crippen LogP contribution in [0.2, 0.25) is 0 Å². The minimum Gasteiger partial charge on any atom is -0.475 e. The molecule has 0 unspecified atom stereocenters.